The van der Waals surface area contributed by atoms with Crippen molar-refractivity contribution < 1.29 is 27.5 Å². The summed E-state index contributed by atoms with van der Waals surface area (Å²) in [5.74, 6) is 0.427. The van der Waals surface area contributed by atoms with Gasteiger partial charge in [-0.3, -0.25) is 18.8 Å². The topological polar surface area (TPSA) is 105 Å². The van der Waals surface area contributed by atoms with Crippen molar-refractivity contribution in [2.24, 2.45) is 0 Å². The average Bonchev–Trinajstić information content (AvgIpc) is 3.51. The van der Waals surface area contributed by atoms with Crippen LogP contribution < -0.4 is 24.0 Å². The highest BCUT2D eigenvalue weighted by Crippen LogP contribution is 2.37. The standard InChI is InChI=1S/C34H31N3O6S2/c1-3-37(45(40,41)27-16-14-26(42-2)15-17-27)25-13-18-31-24(19-25)20-32(44-31)34(39)36-22-30(43-29-12-8-7-11-28(29)36)33(38)35-21-23-9-5-4-6-10-23/h4-20,30H,3,21-22H2,1-2H3,(H,35,38)/t30-/m0/s1. The number of nitrogens with one attached hydrogen (secondary N) is 1. The van der Waals surface area contributed by atoms with E-state index >= 15 is 0 Å². The van der Waals surface area contributed by atoms with Crippen LogP contribution in [0.4, 0.5) is 11.4 Å². The van der Waals surface area contributed by atoms with Crippen LogP contribution in [0.5, 0.6) is 11.5 Å². The molecular weight excluding hydrogens is 611 g/mol. The predicted octanol–water partition coefficient (Wildman–Crippen LogP) is 5.85. The first-order valence-electron chi connectivity index (χ1n) is 14.4. The Morgan fingerprint density at radius 2 is 1.71 bits per heavy atom. The molecule has 230 valence electrons. The summed E-state index contributed by atoms with van der Waals surface area (Å²) in [5.41, 5.74) is 2.03. The van der Waals surface area contributed by atoms with Crippen molar-refractivity contribution in [2.75, 3.05) is 29.4 Å². The first kappa shape index (κ1) is 30.2. The Hall–Kier alpha value is -4.87. The van der Waals surface area contributed by atoms with Crippen molar-refractivity contribution in [3.63, 3.8) is 0 Å². The third-order valence-electron chi connectivity index (χ3n) is 7.55. The summed E-state index contributed by atoms with van der Waals surface area (Å²) in [5, 5.41) is 3.65. The normalized spacial score (nSPS) is 14.4. The third kappa shape index (κ3) is 6.09. The highest BCUT2D eigenvalue weighted by atomic mass is 32.2. The molecule has 1 aliphatic heterocycles. The number of hydrogen-bond acceptors (Lipinski definition) is 7. The van der Waals surface area contributed by atoms with Gasteiger partial charge in [-0.25, -0.2) is 8.42 Å². The number of ether oxygens (including phenoxy) is 2. The molecule has 5 aromatic rings. The minimum Gasteiger partial charge on any atom is -0.497 e. The van der Waals surface area contributed by atoms with E-state index in [4.69, 9.17) is 9.47 Å². The van der Waals surface area contributed by atoms with Gasteiger partial charge in [0.05, 0.1) is 34.8 Å². The lowest BCUT2D eigenvalue weighted by molar-refractivity contribution is -0.128. The minimum absolute atomic E-state index is 0.0414. The van der Waals surface area contributed by atoms with Crippen molar-refractivity contribution >= 4 is 54.6 Å². The number of para-hydroxylation sites is 2. The summed E-state index contributed by atoms with van der Waals surface area (Å²) >= 11 is 1.31. The number of thiophene rings is 1. The van der Waals surface area contributed by atoms with Gasteiger partial charge in [0.15, 0.2) is 6.10 Å². The lowest BCUT2D eigenvalue weighted by Crippen LogP contribution is -2.50. The van der Waals surface area contributed by atoms with Crippen LogP contribution in [0.3, 0.4) is 0 Å². The zero-order valence-electron chi connectivity index (χ0n) is 24.7. The lowest BCUT2D eigenvalue weighted by Gasteiger charge is -2.34. The zero-order chi connectivity index (χ0) is 31.6. The van der Waals surface area contributed by atoms with Crippen LogP contribution in [-0.2, 0) is 21.4 Å². The van der Waals surface area contributed by atoms with Crippen molar-refractivity contribution in [2.45, 2.75) is 24.5 Å². The maximum Gasteiger partial charge on any atom is 0.268 e. The smallest absolute Gasteiger partial charge is 0.268 e. The molecule has 9 nitrogen and oxygen atoms in total. The number of carbonyl (C=O) groups is 2. The van der Waals surface area contributed by atoms with E-state index < -0.39 is 16.1 Å². The maximum absolute atomic E-state index is 14.0. The van der Waals surface area contributed by atoms with E-state index in [0.29, 0.717) is 34.3 Å². The van der Waals surface area contributed by atoms with Crippen LogP contribution in [0.15, 0.2) is 108 Å². The van der Waals surface area contributed by atoms with Crippen LogP contribution >= 0.6 is 11.3 Å². The number of anilines is 2. The molecule has 2 amide bonds. The largest absolute Gasteiger partial charge is 0.497 e. The predicted molar refractivity (Wildman–Crippen MR) is 176 cm³/mol. The molecule has 1 aliphatic rings. The van der Waals surface area contributed by atoms with E-state index in [-0.39, 0.29) is 29.8 Å². The van der Waals surface area contributed by atoms with E-state index in [1.54, 1.807) is 60.4 Å². The molecule has 0 radical (unpaired) electrons. The van der Waals surface area contributed by atoms with Crippen LogP contribution in [-0.4, -0.2) is 46.5 Å². The molecule has 11 heteroatoms. The molecule has 4 aromatic carbocycles. The fraction of sp³-hybridized carbons (Fsp3) is 0.176. The molecule has 1 atom stereocenters. The maximum atomic E-state index is 14.0. The van der Waals surface area contributed by atoms with Crippen molar-refractivity contribution in [3.05, 3.63) is 114 Å². The number of carbonyl (C=O) groups excluding carboxylic acids is 2. The first-order chi connectivity index (χ1) is 21.8. The molecule has 0 fully saturated rings. The van der Waals surface area contributed by atoms with Crippen LogP contribution in [0.1, 0.15) is 22.2 Å². The van der Waals surface area contributed by atoms with Crippen LogP contribution in [0.25, 0.3) is 10.1 Å². The van der Waals surface area contributed by atoms with Crippen molar-refractivity contribution in [1.82, 2.24) is 5.32 Å². The van der Waals surface area contributed by atoms with E-state index in [2.05, 4.69) is 5.32 Å². The van der Waals surface area contributed by atoms with E-state index in [1.807, 2.05) is 42.5 Å². The van der Waals surface area contributed by atoms with Gasteiger partial charge in [0.2, 0.25) is 0 Å². The summed E-state index contributed by atoms with van der Waals surface area (Å²) < 4.78 is 40.4. The van der Waals surface area contributed by atoms with Gasteiger partial charge in [-0.2, -0.15) is 0 Å². The molecule has 0 unspecified atom stereocenters. The number of amides is 2. The molecule has 0 saturated carbocycles. The second kappa shape index (κ2) is 12.6. The van der Waals surface area contributed by atoms with Gasteiger partial charge in [-0.15, -0.1) is 11.3 Å². The quantitative estimate of drug-likeness (QED) is 0.217. The average molecular weight is 642 g/mol. The first-order valence-corrected chi connectivity index (χ1v) is 16.6. The van der Waals surface area contributed by atoms with Gasteiger partial charge >= 0.3 is 0 Å². The molecule has 1 aromatic heterocycles. The van der Waals surface area contributed by atoms with Gasteiger partial charge in [0.1, 0.15) is 11.5 Å². The fourth-order valence-electron chi connectivity index (χ4n) is 5.25. The third-order valence-corrected chi connectivity index (χ3v) is 10.6. The Morgan fingerprint density at radius 1 is 0.978 bits per heavy atom. The van der Waals surface area contributed by atoms with Crippen molar-refractivity contribution in [3.8, 4) is 11.5 Å². The molecule has 1 N–H and O–H groups in total. The Bertz CT molecular complexity index is 1960. The monoisotopic (exact) mass is 641 g/mol. The second-order valence-electron chi connectivity index (χ2n) is 10.4. The number of rotatable bonds is 9. The number of fused-ring (bicyclic) bond motifs is 2. The Kier molecular flexibility index (Phi) is 8.46. The molecule has 2 heterocycles. The summed E-state index contributed by atoms with van der Waals surface area (Å²) in [6.45, 7) is 2.38. The summed E-state index contributed by atoms with van der Waals surface area (Å²) in [6.07, 6.45) is -0.894. The Balaban J connectivity index is 1.25. The van der Waals surface area contributed by atoms with Gasteiger partial charge in [-0.1, -0.05) is 42.5 Å². The summed E-state index contributed by atoms with van der Waals surface area (Å²) in [7, 11) is -2.32. The Labute approximate surface area is 265 Å². The van der Waals surface area contributed by atoms with Gasteiger partial charge < -0.3 is 14.8 Å². The lowest BCUT2D eigenvalue weighted by atomic mass is 10.1. The van der Waals surface area contributed by atoms with Crippen molar-refractivity contribution in [1.29, 1.82) is 0 Å². The molecule has 45 heavy (non-hydrogen) atoms. The van der Waals surface area contributed by atoms with E-state index in [0.717, 1.165) is 15.6 Å². The molecule has 6 rings (SSSR count). The van der Waals surface area contributed by atoms with Crippen LogP contribution in [0, 0.1) is 0 Å². The number of hydrogen-bond donors (Lipinski definition) is 1. The summed E-state index contributed by atoms with van der Waals surface area (Å²) in [6, 6.07) is 30.1. The van der Waals surface area contributed by atoms with E-state index in [1.165, 1.54) is 34.9 Å². The SMILES string of the molecule is CCN(c1ccc2sc(C(=O)N3C[C@@H](C(=O)NCc4ccccc4)Oc4ccccc43)cc2c1)S(=O)(=O)c1ccc(OC)cc1. The molecule has 0 aliphatic carbocycles. The van der Waals surface area contributed by atoms with Gasteiger partial charge in [-0.05, 0) is 78.5 Å². The van der Waals surface area contributed by atoms with E-state index in [9.17, 15) is 18.0 Å². The number of sulfonamides is 1. The molecule has 0 bridgehead atoms. The number of methoxy groups -OCH3 is 1. The number of benzene rings is 4. The zero-order valence-corrected chi connectivity index (χ0v) is 26.3. The van der Waals surface area contributed by atoms with Gasteiger partial charge in [0, 0.05) is 17.8 Å². The second-order valence-corrected chi connectivity index (χ2v) is 13.3. The molecular formula is C34H31N3O6S2. The molecule has 0 saturated heterocycles. The fourth-order valence-corrected chi connectivity index (χ4v) is 7.71. The highest BCUT2D eigenvalue weighted by Gasteiger charge is 2.35. The van der Waals surface area contributed by atoms with Gasteiger partial charge in [0.25, 0.3) is 21.8 Å². The summed E-state index contributed by atoms with van der Waals surface area (Å²) in [4.78, 5) is 29.3. The highest BCUT2D eigenvalue weighted by molar-refractivity contribution is 7.92. The van der Waals surface area contributed by atoms with Crippen LogP contribution in [0.2, 0.25) is 0 Å². The molecule has 0 spiro atoms. The number of nitrogens with zero attached hydrogens (tertiary/aromatic N) is 2. The minimum atomic E-state index is -3.84. The Morgan fingerprint density at radius 3 is 2.44 bits per heavy atom.